The third kappa shape index (κ3) is 3.75. The Morgan fingerprint density at radius 3 is 2.87 bits per heavy atom. The van der Waals surface area contributed by atoms with Crippen LogP contribution in [0.2, 0.25) is 0 Å². The van der Waals surface area contributed by atoms with Gasteiger partial charge in [0.1, 0.15) is 5.82 Å². The average molecular weight is 323 g/mol. The Labute approximate surface area is 101 Å². The number of rotatable bonds is 4. The van der Waals surface area contributed by atoms with E-state index >= 15 is 0 Å². The molecule has 1 amide bonds. The van der Waals surface area contributed by atoms with Gasteiger partial charge in [-0.3, -0.25) is 4.79 Å². The van der Waals surface area contributed by atoms with E-state index in [9.17, 15) is 9.18 Å². The molecule has 0 radical (unpaired) electrons. The number of halogens is 2. The monoisotopic (exact) mass is 323 g/mol. The molecule has 0 fully saturated rings. The molecule has 0 aliphatic heterocycles. The summed E-state index contributed by atoms with van der Waals surface area (Å²) in [6.07, 6.45) is 0. The molecule has 2 N–H and O–H groups in total. The van der Waals surface area contributed by atoms with E-state index in [-0.39, 0.29) is 18.3 Å². The fourth-order valence-electron chi connectivity index (χ4n) is 1.19. The quantitative estimate of drug-likeness (QED) is 0.650. The van der Waals surface area contributed by atoms with Gasteiger partial charge in [0.05, 0.1) is 17.1 Å². The molecule has 5 heteroatoms. The summed E-state index contributed by atoms with van der Waals surface area (Å²) < 4.78 is 13.2. The molecule has 0 bridgehead atoms. The standard InChI is InChI=1S/C10H11FINO2/c11-8-3-1-2-7(4-8)9(6-14)13-10(15)5-12/h1-4,9,14H,5-6H2,(H,13,15)/t9-/m1/s1. The molecular formula is C10H11FINO2. The fraction of sp³-hybridized carbons (Fsp3) is 0.300. The van der Waals surface area contributed by atoms with Gasteiger partial charge in [0.15, 0.2) is 0 Å². The first-order chi connectivity index (χ1) is 7.17. The molecule has 82 valence electrons. The van der Waals surface area contributed by atoms with Crippen molar-refractivity contribution >= 4 is 28.5 Å². The first kappa shape index (κ1) is 12.4. The van der Waals surface area contributed by atoms with Gasteiger partial charge in [-0.15, -0.1) is 0 Å². The van der Waals surface area contributed by atoms with Gasteiger partial charge in [-0.2, -0.15) is 0 Å². The molecule has 0 unspecified atom stereocenters. The minimum atomic E-state index is -0.539. The summed E-state index contributed by atoms with van der Waals surface area (Å²) in [5.74, 6) is -0.561. The van der Waals surface area contributed by atoms with Crippen molar-refractivity contribution < 1.29 is 14.3 Å². The van der Waals surface area contributed by atoms with Crippen LogP contribution in [0.4, 0.5) is 4.39 Å². The number of hydrogen-bond donors (Lipinski definition) is 2. The molecule has 1 rings (SSSR count). The molecule has 0 aliphatic carbocycles. The Morgan fingerprint density at radius 1 is 1.60 bits per heavy atom. The van der Waals surface area contributed by atoms with Gasteiger partial charge in [-0.25, -0.2) is 4.39 Å². The Hall–Kier alpha value is -0.690. The van der Waals surface area contributed by atoms with Crippen molar-refractivity contribution in [3.63, 3.8) is 0 Å². The topological polar surface area (TPSA) is 49.3 Å². The van der Waals surface area contributed by atoms with Crippen LogP contribution in [-0.4, -0.2) is 22.0 Å². The number of aliphatic hydroxyl groups is 1. The molecule has 1 aromatic carbocycles. The summed E-state index contributed by atoms with van der Waals surface area (Å²) in [4.78, 5) is 11.1. The number of hydrogen-bond acceptors (Lipinski definition) is 2. The van der Waals surface area contributed by atoms with Crippen molar-refractivity contribution in [3.8, 4) is 0 Å². The van der Waals surface area contributed by atoms with E-state index in [1.165, 1.54) is 12.1 Å². The highest BCUT2D eigenvalue weighted by atomic mass is 127. The maximum atomic E-state index is 12.9. The number of benzene rings is 1. The lowest BCUT2D eigenvalue weighted by Gasteiger charge is -2.15. The van der Waals surface area contributed by atoms with Crippen molar-refractivity contribution in [3.05, 3.63) is 35.6 Å². The molecule has 1 aromatic rings. The van der Waals surface area contributed by atoms with Crippen molar-refractivity contribution in [1.82, 2.24) is 5.32 Å². The fourth-order valence-corrected chi connectivity index (χ4v) is 1.41. The molecule has 0 heterocycles. The van der Waals surface area contributed by atoms with Gasteiger partial charge in [0.2, 0.25) is 5.91 Å². The number of aliphatic hydroxyl groups excluding tert-OH is 1. The first-order valence-corrected chi connectivity index (χ1v) is 5.91. The Morgan fingerprint density at radius 2 is 2.33 bits per heavy atom. The Balaban J connectivity index is 2.78. The number of amides is 1. The maximum Gasteiger partial charge on any atom is 0.230 e. The molecule has 1 atom stereocenters. The van der Waals surface area contributed by atoms with Crippen LogP contribution in [0.25, 0.3) is 0 Å². The van der Waals surface area contributed by atoms with Gasteiger partial charge in [-0.05, 0) is 17.7 Å². The normalized spacial score (nSPS) is 12.2. The van der Waals surface area contributed by atoms with E-state index in [1.54, 1.807) is 12.1 Å². The molecule has 0 saturated carbocycles. The lowest BCUT2D eigenvalue weighted by Crippen LogP contribution is -2.31. The predicted octanol–water partition coefficient (Wildman–Crippen LogP) is 1.41. The predicted molar refractivity (Wildman–Crippen MR) is 63.3 cm³/mol. The molecule has 15 heavy (non-hydrogen) atoms. The third-order valence-electron chi connectivity index (χ3n) is 1.89. The number of carbonyl (C=O) groups is 1. The zero-order chi connectivity index (χ0) is 11.3. The molecule has 3 nitrogen and oxygen atoms in total. The van der Waals surface area contributed by atoms with Crippen LogP contribution in [0.15, 0.2) is 24.3 Å². The van der Waals surface area contributed by atoms with Gasteiger partial charge in [-0.1, -0.05) is 34.7 Å². The minimum absolute atomic E-state index is 0.182. The van der Waals surface area contributed by atoms with Gasteiger partial charge < -0.3 is 10.4 Å². The van der Waals surface area contributed by atoms with Gasteiger partial charge in [0.25, 0.3) is 0 Å². The second-order valence-corrected chi connectivity index (χ2v) is 3.75. The summed E-state index contributed by atoms with van der Waals surface area (Å²) in [6.45, 7) is -0.244. The van der Waals surface area contributed by atoms with E-state index in [0.29, 0.717) is 9.99 Å². The van der Waals surface area contributed by atoms with E-state index in [1.807, 2.05) is 22.6 Å². The molecule has 0 saturated heterocycles. The lowest BCUT2D eigenvalue weighted by atomic mass is 10.1. The van der Waals surface area contributed by atoms with Crippen LogP contribution in [0.1, 0.15) is 11.6 Å². The van der Waals surface area contributed by atoms with Crippen molar-refractivity contribution in [2.75, 3.05) is 11.0 Å². The van der Waals surface area contributed by atoms with Crippen molar-refractivity contribution in [2.45, 2.75) is 6.04 Å². The zero-order valence-corrected chi connectivity index (χ0v) is 10.1. The number of alkyl halides is 1. The molecule has 0 spiro atoms. The number of nitrogens with one attached hydrogen (secondary N) is 1. The van der Waals surface area contributed by atoms with Crippen LogP contribution in [-0.2, 0) is 4.79 Å². The smallest absolute Gasteiger partial charge is 0.230 e. The van der Waals surface area contributed by atoms with Crippen molar-refractivity contribution in [1.29, 1.82) is 0 Å². The van der Waals surface area contributed by atoms with Crippen molar-refractivity contribution in [2.24, 2.45) is 0 Å². The zero-order valence-electron chi connectivity index (χ0n) is 7.91. The summed E-state index contributed by atoms with van der Waals surface area (Å²) >= 11 is 1.92. The van der Waals surface area contributed by atoms with Gasteiger partial charge >= 0.3 is 0 Å². The molecular weight excluding hydrogens is 312 g/mol. The van der Waals surface area contributed by atoms with Crippen LogP contribution in [0.5, 0.6) is 0 Å². The second kappa shape index (κ2) is 6.02. The summed E-state index contributed by atoms with van der Waals surface area (Å²) in [7, 11) is 0. The van der Waals surface area contributed by atoms with Crippen LogP contribution >= 0.6 is 22.6 Å². The second-order valence-electron chi connectivity index (χ2n) is 2.99. The molecule has 0 aromatic heterocycles. The van der Waals surface area contributed by atoms with E-state index < -0.39 is 6.04 Å². The SMILES string of the molecule is O=C(CI)N[C@H](CO)c1cccc(F)c1. The minimum Gasteiger partial charge on any atom is -0.394 e. The highest BCUT2D eigenvalue weighted by Gasteiger charge is 2.12. The number of carbonyl (C=O) groups excluding carboxylic acids is 1. The van der Waals surface area contributed by atoms with E-state index in [4.69, 9.17) is 5.11 Å². The highest BCUT2D eigenvalue weighted by molar-refractivity contribution is 14.1. The lowest BCUT2D eigenvalue weighted by molar-refractivity contribution is -0.119. The van der Waals surface area contributed by atoms with Gasteiger partial charge in [0, 0.05) is 0 Å². The maximum absolute atomic E-state index is 12.9. The first-order valence-electron chi connectivity index (χ1n) is 4.39. The Bertz CT molecular complexity index is 346. The van der Waals surface area contributed by atoms with E-state index in [0.717, 1.165) is 0 Å². The Kier molecular flexibility index (Phi) is 4.97. The van der Waals surface area contributed by atoms with E-state index in [2.05, 4.69) is 5.32 Å². The summed E-state index contributed by atoms with van der Waals surface area (Å²) in [5, 5.41) is 11.7. The third-order valence-corrected chi connectivity index (χ3v) is 2.58. The average Bonchev–Trinajstić information content (AvgIpc) is 2.25. The largest absolute Gasteiger partial charge is 0.394 e. The molecule has 0 aliphatic rings. The summed E-state index contributed by atoms with van der Waals surface area (Å²) in [6, 6.07) is 5.29. The summed E-state index contributed by atoms with van der Waals surface area (Å²) in [5.41, 5.74) is 0.565. The highest BCUT2D eigenvalue weighted by Crippen LogP contribution is 2.13. The van der Waals surface area contributed by atoms with Crippen LogP contribution in [0.3, 0.4) is 0 Å². The van der Waals surface area contributed by atoms with Crippen LogP contribution < -0.4 is 5.32 Å². The van der Waals surface area contributed by atoms with Crippen LogP contribution in [0, 0.1) is 5.82 Å².